The summed E-state index contributed by atoms with van der Waals surface area (Å²) in [5, 5.41) is 8.26. The van der Waals surface area contributed by atoms with E-state index in [1.165, 1.54) is 11.4 Å². The summed E-state index contributed by atoms with van der Waals surface area (Å²) in [4.78, 5) is 2.35. The quantitative estimate of drug-likeness (QED) is 0.925. The molecular weight excluding hydrogens is 319 g/mol. The molecule has 25 heavy (non-hydrogen) atoms. The summed E-state index contributed by atoms with van der Waals surface area (Å²) in [5.74, 6) is 1.10. The normalized spacial score (nSPS) is 20.1. The van der Waals surface area contributed by atoms with Crippen molar-refractivity contribution in [2.24, 2.45) is 7.05 Å². The second kappa shape index (κ2) is 6.77. The fourth-order valence-electron chi connectivity index (χ4n) is 4.11. The molecule has 5 nitrogen and oxygen atoms in total. The smallest absolute Gasteiger partial charge is 0.131 e. The predicted molar refractivity (Wildman–Crippen MR) is 95.3 cm³/mol. The number of morpholine rings is 1. The molecule has 1 aromatic carbocycles. The Morgan fingerprint density at radius 1 is 1.32 bits per heavy atom. The summed E-state index contributed by atoms with van der Waals surface area (Å²) >= 11 is 0. The van der Waals surface area contributed by atoms with Gasteiger partial charge in [-0.05, 0) is 37.0 Å². The van der Waals surface area contributed by atoms with Gasteiger partial charge < -0.3 is 15.0 Å². The van der Waals surface area contributed by atoms with Crippen LogP contribution in [0.3, 0.4) is 0 Å². The maximum atomic E-state index is 13.9. The van der Waals surface area contributed by atoms with Gasteiger partial charge in [-0.25, -0.2) is 4.39 Å². The second-order valence-electron chi connectivity index (χ2n) is 6.89. The van der Waals surface area contributed by atoms with Crippen molar-refractivity contribution >= 4 is 5.82 Å². The Labute approximate surface area is 147 Å². The molecule has 6 heteroatoms. The Morgan fingerprint density at radius 3 is 2.92 bits per heavy atom. The monoisotopic (exact) mass is 344 g/mol. The maximum Gasteiger partial charge on any atom is 0.131 e. The fraction of sp³-hybridized carbons (Fsp3) is 0.526. The molecule has 4 rings (SSSR count). The lowest BCUT2D eigenvalue weighted by atomic mass is 10.1. The number of halogens is 1. The van der Waals surface area contributed by atoms with E-state index in [2.05, 4.69) is 22.2 Å². The van der Waals surface area contributed by atoms with Crippen molar-refractivity contribution in [3.8, 4) is 0 Å². The average molecular weight is 344 g/mol. The maximum absolute atomic E-state index is 13.9. The van der Waals surface area contributed by atoms with E-state index < -0.39 is 0 Å². The number of rotatable bonds is 4. The highest BCUT2D eigenvalue weighted by molar-refractivity contribution is 5.50. The molecule has 0 radical (unpaired) electrons. The highest BCUT2D eigenvalue weighted by Crippen LogP contribution is 2.33. The van der Waals surface area contributed by atoms with Crippen LogP contribution in [0.15, 0.2) is 18.2 Å². The molecule has 1 atom stereocenters. The Morgan fingerprint density at radius 2 is 2.12 bits per heavy atom. The minimum atomic E-state index is -0.0756. The van der Waals surface area contributed by atoms with Crippen LogP contribution >= 0.6 is 0 Å². The number of ether oxygens (including phenoxy) is 1. The summed E-state index contributed by atoms with van der Waals surface area (Å²) in [5.41, 5.74) is 4.26. The van der Waals surface area contributed by atoms with Gasteiger partial charge in [0.15, 0.2) is 0 Å². The first kappa shape index (κ1) is 16.5. The molecule has 0 spiro atoms. The lowest BCUT2D eigenvalue weighted by molar-refractivity contribution is 0.122. The van der Waals surface area contributed by atoms with Gasteiger partial charge in [0.2, 0.25) is 0 Å². The van der Waals surface area contributed by atoms with Crippen LogP contribution in [0.1, 0.15) is 34.8 Å². The number of aromatic nitrogens is 2. The Kier molecular flexibility index (Phi) is 4.48. The average Bonchev–Trinajstić information content (AvgIpc) is 3.15. The van der Waals surface area contributed by atoms with Gasteiger partial charge in [0.1, 0.15) is 11.6 Å². The van der Waals surface area contributed by atoms with E-state index >= 15 is 0 Å². The van der Waals surface area contributed by atoms with E-state index in [4.69, 9.17) is 4.74 Å². The molecule has 0 unspecified atom stereocenters. The van der Waals surface area contributed by atoms with Gasteiger partial charge in [-0.15, -0.1) is 0 Å². The first-order chi connectivity index (χ1) is 12.1. The third-order valence-electron chi connectivity index (χ3n) is 5.36. The SMILES string of the molecule is Cc1nn(C)c(N2CCOCC2)c1CN[C@@H]1CCc2c(F)cccc21. The van der Waals surface area contributed by atoms with Crippen molar-refractivity contribution in [3.63, 3.8) is 0 Å². The molecule has 1 fully saturated rings. The van der Waals surface area contributed by atoms with Crippen LogP contribution < -0.4 is 10.2 Å². The summed E-state index contributed by atoms with van der Waals surface area (Å²) in [6, 6.07) is 5.62. The molecule has 0 bridgehead atoms. The van der Waals surface area contributed by atoms with Gasteiger partial charge in [0, 0.05) is 38.3 Å². The highest BCUT2D eigenvalue weighted by atomic mass is 19.1. The third-order valence-corrected chi connectivity index (χ3v) is 5.36. The largest absolute Gasteiger partial charge is 0.378 e. The second-order valence-corrected chi connectivity index (χ2v) is 6.89. The third kappa shape index (κ3) is 3.04. The number of nitrogens with zero attached hydrogens (tertiary/aromatic N) is 3. The van der Waals surface area contributed by atoms with E-state index in [0.29, 0.717) is 0 Å². The molecule has 134 valence electrons. The Hall–Kier alpha value is -1.92. The van der Waals surface area contributed by atoms with Gasteiger partial charge >= 0.3 is 0 Å². The number of hydrogen-bond acceptors (Lipinski definition) is 4. The lowest BCUT2D eigenvalue weighted by Crippen LogP contribution is -2.38. The number of anilines is 1. The van der Waals surface area contributed by atoms with Crippen LogP contribution in [-0.2, 0) is 24.8 Å². The van der Waals surface area contributed by atoms with Crippen LogP contribution in [0.2, 0.25) is 0 Å². The molecule has 1 aliphatic heterocycles. The van der Waals surface area contributed by atoms with Crippen molar-refractivity contribution in [1.82, 2.24) is 15.1 Å². The van der Waals surface area contributed by atoms with Gasteiger partial charge in [0.25, 0.3) is 0 Å². The van der Waals surface area contributed by atoms with Crippen molar-refractivity contribution < 1.29 is 9.13 Å². The number of hydrogen-bond donors (Lipinski definition) is 1. The van der Waals surface area contributed by atoms with Crippen LogP contribution in [0.25, 0.3) is 0 Å². The molecular formula is C19H25FN4O. The van der Waals surface area contributed by atoms with Crippen LogP contribution in [0, 0.1) is 12.7 Å². The number of aryl methyl sites for hydroxylation is 2. The van der Waals surface area contributed by atoms with E-state index in [1.54, 1.807) is 6.07 Å². The highest BCUT2D eigenvalue weighted by Gasteiger charge is 2.26. The van der Waals surface area contributed by atoms with Crippen molar-refractivity contribution in [3.05, 3.63) is 46.4 Å². The summed E-state index contributed by atoms with van der Waals surface area (Å²) in [7, 11) is 2.00. The van der Waals surface area contributed by atoms with Gasteiger partial charge in [0.05, 0.1) is 18.9 Å². The number of nitrogens with one attached hydrogen (secondary N) is 1. The zero-order valence-electron chi connectivity index (χ0n) is 14.9. The zero-order valence-corrected chi connectivity index (χ0v) is 14.9. The van der Waals surface area contributed by atoms with Crippen molar-refractivity contribution in [2.75, 3.05) is 31.2 Å². The van der Waals surface area contributed by atoms with E-state index in [-0.39, 0.29) is 11.9 Å². The topological polar surface area (TPSA) is 42.3 Å². The van der Waals surface area contributed by atoms with Crippen LogP contribution in [0.5, 0.6) is 0 Å². The number of benzene rings is 1. The van der Waals surface area contributed by atoms with Crippen molar-refractivity contribution in [2.45, 2.75) is 32.4 Å². The van der Waals surface area contributed by atoms with Gasteiger partial charge in [-0.3, -0.25) is 4.68 Å². The van der Waals surface area contributed by atoms with Crippen LogP contribution in [0.4, 0.5) is 10.2 Å². The van der Waals surface area contributed by atoms with E-state index in [1.807, 2.05) is 23.9 Å². The summed E-state index contributed by atoms with van der Waals surface area (Å²) in [6.45, 7) is 6.10. The molecule has 2 heterocycles. The molecule has 0 amide bonds. The zero-order chi connectivity index (χ0) is 17.4. The lowest BCUT2D eigenvalue weighted by Gasteiger charge is -2.30. The molecule has 1 saturated heterocycles. The molecule has 1 aliphatic carbocycles. The minimum absolute atomic E-state index is 0.0756. The Balaban J connectivity index is 1.54. The Bertz CT molecular complexity index is 767. The predicted octanol–water partition coefficient (Wildman–Crippen LogP) is 2.48. The fourth-order valence-corrected chi connectivity index (χ4v) is 4.11. The van der Waals surface area contributed by atoms with Crippen molar-refractivity contribution in [1.29, 1.82) is 0 Å². The first-order valence-corrected chi connectivity index (χ1v) is 9.01. The molecule has 0 saturated carbocycles. The van der Waals surface area contributed by atoms with E-state index in [0.717, 1.165) is 62.5 Å². The minimum Gasteiger partial charge on any atom is -0.378 e. The summed E-state index contributed by atoms with van der Waals surface area (Å²) in [6.07, 6.45) is 1.75. The van der Waals surface area contributed by atoms with E-state index in [9.17, 15) is 4.39 Å². The first-order valence-electron chi connectivity index (χ1n) is 9.01. The molecule has 2 aromatic rings. The molecule has 1 aromatic heterocycles. The standard InChI is InChI=1S/C19H25FN4O/c1-13-16(19(23(2)22-13)24-8-10-25-11-9-24)12-21-18-7-6-14-15(18)4-3-5-17(14)20/h3-5,18,21H,6-12H2,1-2H3/t18-/m1/s1. The summed E-state index contributed by atoms with van der Waals surface area (Å²) < 4.78 is 21.4. The van der Waals surface area contributed by atoms with Gasteiger partial charge in [-0.1, -0.05) is 12.1 Å². The number of fused-ring (bicyclic) bond motifs is 1. The molecule has 1 N–H and O–H groups in total. The molecule has 2 aliphatic rings. The van der Waals surface area contributed by atoms with Crippen LogP contribution in [-0.4, -0.2) is 36.1 Å². The van der Waals surface area contributed by atoms with Gasteiger partial charge in [-0.2, -0.15) is 5.10 Å².